The van der Waals surface area contributed by atoms with Gasteiger partial charge in [0.05, 0.1) is 21.3 Å². The third-order valence-corrected chi connectivity index (χ3v) is 5.95. The highest BCUT2D eigenvalue weighted by molar-refractivity contribution is 7.98. The predicted octanol–water partition coefficient (Wildman–Crippen LogP) is 3.78. The topological polar surface area (TPSA) is 86.9 Å². The van der Waals surface area contributed by atoms with E-state index in [1.165, 1.54) is 0 Å². The van der Waals surface area contributed by atoms with Crippen molar-refractivity contribution in [3.8, 4) is 17.2 Å². The predicted molar refractivity (Wildman–Crippen MR) is 116 cm³/mol. The minimum Gasteiger partial charge on any atom is -0.493 e. The van der Waals surface area contributed by atoms with E-state index < -0.39 is 5.97 Å². The molecule has 1 aromatic heterocycles. The van der Waals surface area contributed by atoms with Crippen molar-refractivity contribution < 1.29 is 28.5 Å². The van der Waals surface area contributed by atoms with Crippen molar-refractivity contribution in [1.29, 1.82) is 0 Å². The summed E-state index contributed by atoms with van der Waals surface area (Å²) in [4.78, 5) is 28.5. The molecule has 0 spiro atoms. The number of H-pyrrole nitrogens is 1. The Bertz CT molecular complexity index is 926. The van der Waals surface area contributed by atoms with E-state index in [0.29, 0.717) is 53.5 Å². The molecule has 0 saturated carbocycles. The van der Waals surface area contributed by atoms with Crippen molar-refractivity contribution >= 4 is 23.5 Å². The zero-order valence-electron chi connectivity index (χ0n) is 17.9. The standard InChI is InChI=1S/C22H27NO6S/c1-12-19-15(23-20(12)22(25)29-6-7-30-5)8-13(9-16(19)24)14-10-17(26-2)21(28-4)18(11-14)27-3/h10-11,13,23H,6-9H2,1-5H3/t13-/m0/s1. The van der Waals surface area contributed by atoms with Gasteiger partial charge in [-0.25, -0.2) is 4.79 Å². The lowest BCUT2D eigenvalue weighted by Gasteiger charge is -2.24. The second kappa shape index (κ2) is 9.47. The molecule has 1 heterocycles. The van der Waals surface area contributed by atoms with Crippen LogP contribution in [-0.4, -0.2) is 56.7 Å². The summed E-state index contributed by atoms with van der Waals surface area (Å²) in [5.41, 5.74) is 3.31. The molecule has 0 unspecified atom stereocenters. The average molecular weight is 434 g/mol. The monoisotopic (exact) mass is 433 g/mol. The lowest BCUT2D eigenvalue weighted by Crippen LogP contribution is -2.19. The van der Waals surface area contributed by atoms with Crippen molar-refractivity contribution in [3.05, 3.63) is 40.2 Å². The lowest BCUT2D eigenvalue weighted by molar-refractivity contribution is 0.0523. The van der Waals surface area contributed by atoms with Crippen LogP contribution >= 0.6 is 11.8 Å². The van der Waals surface area contributed by atoms with Crippen LogP contribution in [0.3, 0.4) is 0 Å². The van der Waals surface area contributed by atoms with E-state index in [-0.39, 0.29) is 11.7 Å². The largest absolute Gasteiger partial charge is 0.493 e. The average Bonchev–Trinajstić information content (AvgIpc) is 3.09. The molecule has 1 aliphatic rings. The number of esters is 1. The van der Waals surface area contributed by atoms with Crippen molar-refractivity contribution in [2.75, 3.05) is 39.9 Å². The molecule has 0 amide bonds. The molecule has 3 rings (SSSR count). The van der Waals surface area contributed by atoms with E-state index in [2.05, 4.69) is 4.98 Å². The third kappa shape index (κ3) is 4.14. The fourth-order valence-corrected chi connectivity index (χ4v) is 4.15. The number of carbonyl (C=O) groups excluding carboxylic acids is 2. The van der Waals surface area contributed by atoms with Crippen LogP contribution in [0.25, 0.3) is 0 Å². The maximum atomic E-state index is 13.0. The first-order valence-electron chi connectivity index (χ1n) is 9.65. The molecule has 0 saturated heterocycles. The zero-order chi connectivity index (χ0) is 21.8. The molecule has 2 aromatic rings. The van der Waals surface area contributed by atoms with Crippen molar-refractivity contribution in [3.63, 3.8) is 0 Å². The SMILES string of the molecule is COc1cc([C@@H]2CC(=O)c3c([nH]c(C(=O)OCCSC)c3C)C2)cc(OC)c1OC. The Kier molecular flexibility index (Phi) is 6.97. The number of hydrogen-bond donors (Lipinski definition) is 1. The number of fused-ring (bicyclic) bond motifs is 1. The van der Waals surface area contributed by atoms with Gasteiger partial charge in [0, 0.05) is 23.4 Å². The van der Waals surface area contributed by atoms with Crippen LogP contribution in [0.1, 0.15) is 50.0 Å². The number of hydrogen-bond acceptors (Lipinski definition) is 7. The summed E-state index contributed by atoms with van der Waals surface area (Å²) in [7, 11) is 4.68. The van der Waals surface area contributed by atoms with Gasteiger partial charge in [0.15, 0.2) is 17.3 Å². The molecule has 30 heavy (non-hydrogen) atoms. The van der Waals surface area contributed by atoms with E-state index in [0.717, 1.165) is 17.0 Å². The number of benzene rings is 1. The van der Waals surface area contributed by atoms with E-state index in [9.17, 15) is 9.59 Å². The highest BCUT2D eigenvalue weighted by Gasteiger charge is 2.33. The van der Waals surface area contributed by atoms with Crippen LogP contribution in [0.2, 0.25) is 0 Å². The highest BCUT2D eigenvalue weighted by Crippen LogP contribution is 2.43. The molecular weight excluding hydrogens is 406 g/mol. The number of nitrogens with one attached hydrogen (secondary N) is 1. The van der Waals surface area contributed by atoms with E-state index in [4.69, 9.17) is 18.9 Å². The summed E-state index contributed by atoms with van der Waals surface area (Å²) in [5.74, 6) is 1.85. The number of thioether (sulfide) groups is 1. The molecule has 8 heteroatoms. The summed E-state index contributed by atoms with van der Waals surface area (Å²) < 4.78 is 21.6. The van der Waals surface area contributed by atoms with Gasteiger partial charge in [0.1, 0.15) is 12.3 Å². The molecule has 1 aromatic carbocycles. The van der Waals surface area contributed by atoms with Gasteiger partial charge in [-0.2, -0.15) is 11.8 Å². The molecular formula is C22H27NO6S. The maximum absolute atomic E-state index is 13.0. The Morgan fingerprint density at radius 3 is 2.37 bits per heavy atom. The summed E-state index contributed by atoms with van der Waals surface area (Å²) in [6.07, 6.45) is 2.89. The zero-order valence-corrected chi connectivity index (χ0v) is 18.7. The van der Waals surface area contributed by atoms with Gasteiger partial charge in [-0.1, -0.05) is 0 Å². The molecule has 162 valence electrons. The number of Topliss-reactive ketones (excluding diaryl/α,β-unsaturated/α-hetero) is 1. The third-order valence-electron chi connectivity index (χ3n) is 5.37. The van der Waals surface area contributed by atoms with Crippen LogP contribution in [0, 0.1) is 6.92 Å². The quantitative estimate of drug-likeness (QED) is 0.501. The maximum Gasteiger partial charge on any atom is 0.355 e. The van der Waals surface area contributed by atoms with E-state index >= 15 is 0 Å². The van der Waals surface area contributed by atoms with Gasteiger partial charge in [-0.15, -0.1) is 0 Å². The minimum atomic E-state index is -0.423. The normalized spacial score (nSPS) is 15.5. The molecule has 1 atom stereocenters. The van der Waals surface area contributed by atoms with Crippen LogP contribution in [0.5, 0.6) is 17.2 Å². The molecule has 0 radical (unpaired) electrons. The molecule has 7 nitrogen and oxygen atoms in total. The summed E-state index contributed by atoms with van der Waals surface area (Å²) in [5, 5.41) is 0. The number of aromatic amines is 1. The van der Waals surface area contributed by atoms with E-state index in [1.54, 1.807) is 40.0 Å². The molecule has 0 fully saturated rings. The van der Waals surface area contributed by atoms with Crippen LogP contribution in [-0.2, 0) is 11.2 Å². The molecule has 0 aliphatic heterocycles. The second-order valence-electron chi connectivity index (χ2n) is 7.09. The number of methoxy groups -OCH3 is 3. The Hall–Kier alpha value is -2.61. The van der Waals surface area contributed by atoms with Gasteiger partial charge >= 0.3 is 5.97 Å². The van der Waals surface area contributed by atoms with Crippen molar-refractivity contribution in [2.24, 2.45) is 0 Å². The van der Waals surface area contributed by atoms with Gasteiger partial charge in [-0.05, 0) is 48.8 Å². The smallest absolute Gasteiger partial charge is 0.355 e. The van der Waals surface area contributed by atoms with Crippen molar-refractivity contribution in [2.45, 2.75) is 25.7 Å². The Morgan fingerprint density at radius 1 is 1.13 bits per heavy atom. The van der Waals surface area contributed by atoms with Crippen LogP contribution in [0.4, 0.5) is 0 Å². The minimum absolute atomic E-state index is 0.00640. The number of carbonyl (C=O) groups is 2. The summed E-state index contributed by atoms with van der Waals surface area (Å²) in [6, 6.07) is 3.75. The van der Waals surface area contributed by atoms with Gasteiger partial charge in [-0.3, -0.25) is 4.79 Å². The first kappa shape index (κ1) is 22.1. The number of ether oxygens (including phenoxy) is 4. The highest BCUT2D eigenvalue weighted by atomic mass is 32.2. The van der Waals surface area contributed by atoms with Gasteiger partial charge in [0.25, 0.3) is 0 Å². The first-order valence-corrected chi connectivity index (χ1v) is 11.0. The van der Waals surface area contributed by atoms with E-state index in [1.807, 2.05) is 18.4 Å². The first-order chi connectivity index (χ1) is 14.4. The molecule has 1 aliphatic carbocycles. The second-order valence-corrected chi connectivity index (χ2v) is 8.08. The number of aromatic nitrogens is 1. The van der Waals surface area contributed by atoms with Crippen LogP contribution < -0.4 is 14.2 Å². The number of ketones is 1. The Labute approximate surface area is 180 Å². The van der Waals surface area contributed by atoms with Crippen LogP contribution in [0.15, 0.2) is 12.1 Å². The summed E-state index contributed by atoms with van der Waals surface area (Å²) >= 11 is 1.61. The lowest BCUT2D eigenvalue weighted by atomic mass is 9.81. The van der Waals surface area contributed by atoms with Gasteiger partial charge in [0.2, 0.25) is 5.75 Å². The molecule has 1 N–H and O–H groups in total. The fourth-order valence-electron chi connectivity index (χ4n) is 3.90. The molecule has 0 bridgehead atoms. The van der Waals surface area contributed by atoms with Crippen molar-refractivity contribution in [1.82, 2.24) is 4.98 Å². The Morgan fingerprint density at radius 2 is 1.80 bits per heavy atom. The Balaban J connectivity index is 1.92. The fraction of sp³-hybridized carbons (Fsp3) is 0.455. The van der Waals surface area contributed by atoms with Gasteiger partial charge < -0.3 is 23.9 Å². The number of rotatable bonds is 8. The summed E-state index contributed by atoms with van der Waals surface area (Å²) in [6.45, 7) is 2.13.